The first-order valence-electron chi connectivity index (χ1n) is 6.51. The topological polar surface area (TPSA) is 65.7 Å². The first-order valence-corrected chi connectivity index (χ1v) is 6.51. The van der Waals surface area contributed by atoms with Crippen LogP contribution in [0.5, 0.6) is 0 Å². The highest BCUT2D eigenvalue weighted by Gasteiger charge is 2.28. The standard InChI is InChI=1S/C12H27N5/c1-9(2)7-14-12(16-13)15-8-10(3)17(4)11-5-6-11/h9-11H,5-8,13H2,1-4H3,(H2,14,15,16). The molecular formula is C12H27N5. The molecule has 17 heavy (non-hydrogen) atoms. The molecule has 0 spiro atoms. The van der Waals surface area contributed by atoms with Crippen LogP contribution in [0.4, 0.5) is 0 Å². The van der Waals surface area contributed by atoms with Crippen LogP contribution < -0.4 is 16.6 Å². The molecule has 1 fully saturated rings. The maximum atomic E-state index is 5.44. The van der Waals surface area contributed by atoms with Gasteiger partial charge in [-0.1, -0.05) is 13.8 Å². The second kappa shape index (κ2) is 6.81. The molecule has 0 saturated heterocycles. The lowest BCUT2D eigenvalue weighted by Crippen LogP contribution is -2.47. The van der Waals surface area contributed by atoms with Crippen LogP contribution in [0.15, 0.2) is 4.99 Å². The monoisotopic (exact) mass is 241 g/mol. The van der Waals surface area contributed by atoms with E-state index in [0.717, 1.165) is 19.1 Å². The van der Waals surface area contributed by atoms with E-state index in [4.69, 9.17) is 5.84 Å². The summed E-state index contributed by atoms with van der Waals surface area (Å²) in [4.78, 5) is 6.80. The third-order valence-electron chi connectivity index (χ3n) is 3.13. The van der Waals surface area contributed by atoms with E-state index in [1.165, 1.54) is 12.8 Å². The number of hydrazine groups is 1. The molecule has 1 saturated carbocycles. The Hall–Kier alpha value is -0.810. The Morgan fingerprint density at radius 1 is 1.41 bits per heavy atom. The van der Waals surface area contributed by atoms with Crippen LogP contribution in [-0.2, 0) is 0 Å². The number of hydrogen-bond acceptors (Lipinski definition) is 3. The zero-order chi connectivity index (χ0) is 12.8. The molecule has 0 aromatic carbocycles. The van der Waals surface area contributed by atoms with E-state index in [-0.39, 0.29) is 0 Å². The van der Waals surface area contributed by atoms with Crippen LogP contribution in [0.1, 0.15) is 33.6 Å². The summed E-state index contributed by atoms with van der Waals surface area (Å²) >= 11 is 0. The lowest BCUT2D eigenvalue weighted by Gasteiger charge is -2.25. The number of rotatable bonds is 6. The zero-order valence-electron chi connectivity index (χ0n) is 11.5. The molecule has 0 radical (unpaired) electrons. The van der Waals surface area contributed by atoms with Crippen molar-refractivity contribution >= 4 is 5.96 Å². The molecule has 100 valence electrons. The van der Waals surface area contributed by atoms with E-state index < -0.39 is 0 Å². The third kappa shape index (κ3) is 5.37. The molecule has 1 unspecified atom stereocenters. The molecule has 1 rings (SSSR count). The maximum absolute atomic E-state index is 5.44. The van der Waals surface area contributed by atoms with Crippen LogP contribution in [0.3, 0.4) is 0 Å². The van der Waals surface area contributed by atoms with Gasteiger partial charge in [0.2, 0.25) is 5.96 Å². The van der Waals surface area contributed by atoms with E-state index in [9.17, 15) is 0 Å². The second-order valence-corrected chi connectivity index (χ2v) is 5.35. The fourth-order valence-corrected chi connectivity index (χ4v) is 1.66. The minimum Gasteiger partial charge on any atom is -0.354 e. The molecule has 0 amide bonds. The SMILES string of the molecule is CC(C)CN=C(NN)NCC(C)N(C)C1CC1. The van der Waals surface area contributed by atoms with Crippen molar-refractivity contribution in [3.8, 4) is 0 Å². The van der Waals surface area contributed by atoms with Gasteiger partial charge in [0.05, 0.1) is 0 Å². The quantitative estimate of drug-likeness (QED) is 0.275. The predicted molar refractivity (Wildman–Crippen MR) is 72.7 cm³/mol. The van der Waals surface area contributed by atoms with E-state index in [0.29, 0.717) is 17.9 Å². The van der Waals surface area contributed by atoms with Crippen LogP contribution in [0, 0.1) is 5.92 Å². The molecule has 1 aliphatic rings. The van der Waals surface area contributed by atoms with Crippen LogP contribution >= 0.6 is 0 Å². The molecule has 5 nitrogen and oxygen atoms in total. The number of nitrogens with two attached hydrogens (primary N) is 1. The van der Waals surface area contributed by atoms with Crippen molar-refractivity contribution in [3.63, 3.8) is 0 Å². The Morgan fingerprint density at radius 3 is 2.53 bits per heavy atom. The molecule has 5 heteroatoms. The minimum atomic E-state index is 0.500. The first-order chi connectivity index (χ1) is 8.04. The minimum absolute atomic E-state index is 0.500. The molecule has 1 atom stereocenters. The van der Waals surface area contributed by atoms with E-state index in [1.807, 2.05) is 0 Å². The molecule has 0 aromatic rings. The molecule has 4 N–H and O–H groups in total. The predicted octanol–water partition coefficient (Wildman–Crippen LogP) is 0.534. The maximum Gasteiger partial charge on any atom is 0.205 e. The van der Waals surface area contributed by atoms with Crippen molar-refractivity contribution in [2.45, 2.75) is 45.7 Å². The Labute approximate surface area is 105 Å². The summed E-state index contributed by atoms with van der Waals surface area (Å²) in [7, 11) is 2.19. The molecule has 0 aliphatic heterocycles. The van der Waals surface area contributed by atoms with Gasteiger partial charge < -0.3 is 5.32 Å². The second-order valence-electron chi connectivity index (χ2n) is 5.35. The molecule has 0 bridgehead atoms. The van der Waals surface area contributed by atoms with Gasteiger partial charge in [-0.25, -0.2) is 5.84 Å². The molecule has 1 aliphatic carbocycles. The van der Waals surface area contributed by atoms with Crippen LogP contribution in [0.2, 0.25) is 0 Å². The first kappa shape index (κ1) is 14.3. The Balaban J connectivity index is 2.28. The third-order valence-corrected chi connectivity index (χ3v) is 3.13. The number of nitrogens with one attached hydrogen (secondary N) is 2. The van der Waals surface area contributed by atoms with Crippen molar-refractivity contribution < 1.29 is 0 Å². The number of likely N-dealkylation sites (N-methyl/N-ethyl adjacent to an activating group) is 1. The summed E-state index contributed by atoms with van der Waals surface area (Å²) in [5.74, 6) is 6.67. The van der Waals surface area contributed by atoms with Gasteiger partial charge in [-0.2, -0.15) is 0 Å². The fraction of sp³-hybridized carbons (Fsp3) is 0.917. The Kier molecular flexibility index (Phi) is 5.71. The summed E-state index contributed by atoms with van der Waals surface area (Å²) in [6.45, 7) is 8.16. The van der Waals surface area contributed by atoms with Crippen molar-refractivity contribution in [2.75, 3.05) is 20.1 Å². The summed E-state index contributed by atoms with van der Waals surface area (Å²) in [6, 6.07) is 1.29. The summed E-state index contributed by atoms with van der Waals surface area (Å²) in [5.41, 5.74) is 2.62. The van der Waals surface area contributed by atoms with Crippen LogP contribution in [-0.4, -0.2) is 43.1 Å². The zero-order valence-corrected chi connectivity index (χ0v) is 11.5. The smallest absolute Gasteiger partial charge is 0.205 e. The number of guanidine groups is 1. The van der Waals surface area contributed by atoms with Gasteiger partial charge in [-0.05, 0) is 32.7 Å². The van der Waals surface area contributed by atoms with E-state index >= 15 is 0 Å². The van der Waals surface area contributed by atoms with Gasteiger partial charge in [0.25, 0.3) is 0 Å². The van der Waals surface area contributed by atoms with Gasteiger partial charge >= 0.3 is 0 Å². The lowest BCUT2D eigenvalue weighted by atomic mass is 10.2. The molecule has 0 heterocycles. The average molecular weight is 241 g/mol. The van der Waals surface area contributed by atoms with Crippen molar-refractivity contribution in [3.05, 3.63) is 0 Å². The van der Waals surface area contributed by atoms with Crippen LogP contribution in [0.25, 0.3) is 0 Å². The van der Waals surface area contributed by atoms with E-state index in [1.54, 1.807) is 0 Å². The van der Waals surface area contributed by atoms with Gasteiger partial charge in [0.1, 0.15) is 0 Å². The summed E-state index contributed by atoms with van der Waals surface area (Å²) in [6.07, 6.45) is 2.68. The van der Waals surface area contributed by atoms with E-state index in [2.05, 4.69) is 48.5 Å². The average Bonchev–Trinajstić information content (AvgIpc) is 3.11. The molecular weight excluding hydrogens is 214 g/mol. The van der Waals surface area contributed by atoms with Crippen molar-refractivity contribution in [1.29, 1.82) is 0 Å². The fourth-order valence-electron chi connectivity index (χ4n) is 1.66. The van der Waals surface area contributed by atoms with Gasteiger partial charge in [0.15, 0.2) is 0 Å². The highest BCUT2D eigenvalue weighted by molar-refractivity contribution is 5.79. The largest absolute Gasteiger partial charge is 0.354 e. The van der Waals surface area contributed by atoms with Crippen molar-refractivity contribution in [1.82, 2.24) is 15.6 Å². The Morgan fingerprint density at radius 2 is 2.06 bits per heavy atom. The van der Waals surface area contributed by atoms with Crippen molar-refractivity contribution in [2.24, 2.45) is 16.8 Å². The summed E-state index contributed by atoms with van der Waals surface area (Å²) in [5, 5.41) is 3.26. The summed E-state index contributed by atoms with van der Waals surface area (Å²) < 4.78 is 0. The highest BCUT2D eigenvalue weighted by Crippen LogP contribution is 2.26. The lowest BCUT2D eigenvalue weighted by molar-refractivity contribution is 0.247. The normalized spacial score (nSPS) is 18.6. The number of nitrogens with zero attached hydrogens (tertiary/aromatic N) is 2. The van der Waals surface area contributed by atoms with Gasteiger partial charge in [-0.3, -0.25) is 15.3 Å². The van der Waals surface area contributed by atoms with Gasteiger partial charge in [-0.15, -0.1) is 0 Å². The molecule has 0 aromatic heterocycles. The van der Waals surface area contributed by atoms with Gasteiger partial charge in [0, 0.05) is 25.2 Å². The number of aliphatic imine (C=N–C) groups is 1. The highest BCUT2D eigenvalue weighted by atomic mass is 15.3. The Bertz CT molecular complexity index is 247. The number of hydrogen-bond donors (Lipinski definition) is 3.